The summed E-state index contributed by atoms with van der Waals surface area (Å²) in [6.45, 7) is 3.89. The van der Waals surface area contributed by atoms with Crippen LogP contribution in [0.4, 0.5) is 0 Å². The maximum atomic E-state index is 12.5. The van der Waals surface area contributed by atoms with Crippen LogP contribution in [-0.2, 0) is 15.5 Å². The third-order valence-electron chi connectivity index (χ3n) is 3.79. The number of hydrogen-bond donors (Lipinski definition) is 0. The van der Waals surface area contributed by atoms with Crippen LogP contribution in [-0.4, -0.2) is 42.1 Å². The van der Waals surface area contributed by atoms with Crippen molar-refractivity contribution in [1.82, 2.24) is 4.90 Å². The summed E-state index contributed by atoms with van der Waals surface area (Å²) < 4.78 is 17.6. The van der Waals surface area contributed by atoms with Gasteiger partial charge in [0.25, 0.3) is 0 Å². The molecule has 2 unspecified atom stereocenters. The van der Waals surface area contributed by atoms with Crippen molar-refractivity contribution in [3.05, 3.63) is 29.8 Å². The molecule has 1 heterocycles. The van der Waals surface area contributed by atoms with Crippen molar-refractivity contribution in [2.75, 3.05) is 33.0 Å². The maximum Gasteiger partial charge on any atom is 0.119 e. The molecule has 0 aromatic heterocycles. The highest BCUT2D eigenvalue weighted by molar-refractivity contribution is 7.86. The Bertz CT molecular complexity index is 449. The summed E-state index contributed by atoms with van der Waals surface area (Å²) >= 11 is 0. The van der Waals surface area contributed by atoms with Gasteiger partial charge in [-0.15, -0.1) is 0 Å². The van der Waals surface area contributed by atoms with Gasteiger partial charge in [0.15, 0.2) is 0 Å². The minimum Gasteiger partial charge on any atom is -0.497 e. The van der Waals surface area contributed by atoms with Gasteiger partial charge in [-0.25, -0.2) is 0 Å². The monoisotopic (exact) mass is 267 g/mol. The van der Waals surface area contributed by atoms with Crippen molar-refractivity contribution in [2.45, 2.75) is 18.1 Å². The van der Waals surface area contributed by atoms with Gasteiger partial charge in [-0.05, 0) is 31.2 Å². The summed E-state index contributed by atoms with van der Waals surface area (Å²) in [6.07, 6.45) is 0.886. The zero-order chi connectivity index (χ0) is 13.2. The second-order valence-electron chi connectivity index (χ2n) is 4.87. The Labute approximate surface area is 112 Å². The molecule has 0 N–H and O–H groups in total. The van der Waals surface area contributed by atoms with Crippen LogP contribution in [0.25, 0.3) is 0 Å². The third-order valence-corrected chi connectivity index (χ3v) is 5.86. The second-order valence-corrected chi connectivity index (χ2v) is 6.75. The average Bonchev–Trinajstić information content (AvgIpc) is 2.41. The molecule has 0 aliphatic carbocycles. The van der Waals surface area contributed by atoms with Gasteiger partial charge < -0.3 is 9.64 Å². The fourth-order valence-electron chi connectivity index (χ4n) is 2.63. The Morgan fingerprint density at radius 3 is 2.94 bits per heavy atom. The van der Waals surface area contributed by atoms with E-state index in [1.807, 2.05) is 18.2 Å². The highest BCUT2D eigenvalue weighted by Crippen LogP contribution is 2.36. The van der Waals surface area contributed by atoms with Crippen LogP contribution in [0.3, 0.4) is 0 Å². The van der Waals surface area contributed by atoms with Gasteiger partial charge in [-0.2, -0.15) is 0 Å². The van der Waals surface area contributed by atoms with Gasteiger partial charge in [0, 0.05) is 29.6 Å². The molecular weight excluding hydrogens is 246 g/mol. The van der Waals surface area contributed by atoms with E-state index in [0.29, 0.717) is 0 Å². The number of hydrogen-bond acceptors (Lipinski definition) is 3. The van der Waals surface area contributed by atoms with E-state index in [9.17, 15) is 4.21 Å². The maximum absolute atomic E-state index is 12.5. The molecule has 0 amide bonds. The molecule has 2 rings (SSSR count). The largest absolute Gasteiger partial charge is 0.497 e. The molecule has 1 saturated heterocycles. The first-order valence-corrected chi connectivity index (χ1v) is 7.66. The number of ether oxygens (including phenoxy) is 1. The molecule has 1 aliphatic rings. The van der Waals surface area contributed by atoms with Crippen LogP contribution >= 0.6 is 0 Å². The molecule has 0 spiro atoms. The van der Waals surface area contributed by atoms with Gasteiger partial charge in [0.2, 0.25) is 0 Å². The van der Waals surface area contributed by atoms with E-state index in [2.05, 4.69) is 24.9 Å². The van der Waals surface area contributed by atoms with E-state index in [0.717, 1.165) is 36.6 Å². The highest BCUT2D eigenvalue weighted by Gasteiger charge is 2.41. The predicted octanol–water partition coefficient (Wildman–Crippen LogP) is 1.99. The third kappa shape index (κ3) is 2.31. The SMILES string of the molecule is CCC1(c2cccc(OC)c2)CN(C)CCS1=O. The summed E-state index contributed by atoms with van der Waals surface area (Å²) in [7, 11) is 2.95. The van der Waals surface area contributed by atoms with Crippen molar-refractivity contribution >= 4 is 10.8 Å². The lowest BCUT2D eigenvalue weighted by atomic mass is 9.94. The Kier molecular flexibility index (Phi) is 4.07. The van der Waals surface area contributed by atoms with Gasteiger partial charge in [0.05, 0.1) is 11.9 Å². The van der Waals surface area contributed by atoms with E-state index in [1.54, 1.807) is 7.11 Å². The lowest BCUT2D eigenvalue weighted by molar-refractivity contribution is 0.287. The molecule has 0 bridgehead atoms. The molecule has 3 nitrogen and oxygen atoms in total. The minimum absolute atomic E-state index is 0.248. The topological polar surface area (TPSA) is 29.5 Å². The molecule has 1 fully saturated rings. The zero-order valence-electron chi connectivity index (χ0n) is 11.3. The first-order chi connectivity index (χ1) is 8.62. The van der Waals surface area contributed by atoms with Gasteiger partial charge in [0.1, 0.15) is 5.75 Å². The number of methoxy groups -OCH3 is 1. The molecule has 1 aliphatic heterocycles. The smallest absolute Gasteiger partial charge is 0.119 e. The van der Waals surface area contributed by atoms with Gasteiger partial charge in [-0.1, -0.05) is 19.1 Å². The van der Waals surface area contributed by atoms with Crippen LogP contribution < -0.4 is 4.74 Å². The minimum atomic E-state index is -0.816. The summed E-state index contributed by atoms with van der Waals surface area (Å²) in [5.74, 6) is 1.59. The molecular formula is C14H21NO2S. The number of likely N-dealkylation sites (N-methyl/N-ethyl adjacent to an activating group) is 1. The molecule has 1 aromatic carbocycles. The zero-order valence-corrected chi connectivity index (χ0v) is 12.1. The summed E-state index contributed by atoms with van der Waals surface area (Å²) in [5, 5.41) is 0. The Morgan fingerprint density at radius 1 is 1.50 bits per heavy atom. The number of rotatable bonds is 3. The standard InChI is InChI=1S/C14H21NO2S/c1-4-14(11-15(2)8-9-18(14)16)12-6-5-7-13(10-12)17-3/h5-7,10H,4,8-9,11H2,1-3H3. The van der Waals surface area contributed by atoms with E-state index in [1.165, 1.54) is 0 Å². The predicted molar refractivity (Wildman–Crippen MR) is 75.5 cm³/mol. The summed E-state index contributed by atoms with van der Waals surface area (Å²) in [4.78, 5) is 2.27. The van der Waals surface area contributed by atoms with E-state index >= 15 is 0 Å². The van der Waals surface area contributed by atoms with Crippen molar-refractivity contribution in [1.29, 1.82) is 0 Å². The summed E-state index contributed by atoms with van der Waals surface area (Å²) in [6, 6.07) is 8.02. The van der Waals surface area contributed by atoms with E-state index in [4.69, 9.17) is 4.74 Å². The molecule has 4 heteroatoms. The lowest BCUT2D eigenvalue weighted by Gasteiger charge is -2.40. The van der Waals surface area contributed by atoms with Gasteiger partial charge in [-0.3, -0.25) is 4.21 Å². The van der Waals surface area contributed by atoms with E-state index in [-0.39, 0.29) is 4.75 Å². The second kappa shape index (κ2) is 5.41. The number of benzene rings is 1. The van der Waals surface area contributed by atoms with Crippen LogP contribution in [0.1, 0.15) is 18.9 Å². The van der Waals surface area contributed by atoms with Crippen molar-refractivity contribution in [3.63, 3.8) is 0 Å². The van der Waals surface area contributed by atoms with Crippen molar-refractivity contribution < 1.29 is 8.95 Å². The van der Waals surface area contributed by atoms with Crippen LogP contribution in [0.15, 0.2) is 24.3 Å². The lowest BCUT2D eigenvalue weighted by Crippen LogP contribution is -2.49. The average molecular weight is 267 g/mol. The molecule has 2 atom stereocenters. The fraction of sp³-hybridized carbons (Fsp3) is 0.571. The Balaban J connectivity index is 2.44. The van der Waals surface area contributed by atoms with E-state index < -0.39 is 10.8 Å². The quantitative estimate of drug-likeness (QED) is 0.839. The Morgan fingerprint density at radius 2 is 2.28 bits per heavy atom. The van der Waals surface area contributed by atoms with Crippen LogP contribution in [0, 0.1) is 0 Å². The Hall–Kier alpha value is -0.870. The normalized spacial score (nSPS) is 29.2. The summed E-state index contributed by atoms with van der Waals surface area (Å²) in [5.41, 5.74) is 1.13. The van der Waals surface area contributed by atoms with Crippen molar-refractivity contribution in [2.24, 2.45) is 0 Å². The molecule has 1 aromatic rings. The molecule has 18 heavy (non-hydrogen) atoms. The first kappa shape index (κ1) is 13.6. The fourth-order valence-corrected chi connectivity index (χ4v) is 4.57. The van der Waals surface area contributed by atoms with Crippen LogP contribution in [0.5, 0.6) is 5.75 Å². The number of nitrogens with zero attached hydrogens (tertiary/aromatic N) is 1. The van der Waals surface area contributed by atoms with Crippen molar-refractivity contribution in [3.8, 4) is 5.75 Å². The molecule has 0 radical (unpaired) electrons. The van der Waals surface area contributed by atoms with Crippen LogP contribution in [0.2, 0.25) is 0 Å². The first-order valence-electron chi connectivity index (χ1n) is 6.34. The molecule has 100 valence electrons. The molecule has 0 saturated carbocycles. The van der Waals surface area contributed by atoms with Gasteiger partial charge >= 0.3 is 0 Å². The highest BCUT2D eigenvalue weighted by atomic mass is 32.2.